The lowest BCUT2D eigenvalue weighted by atomic mass is 10.2. The summed E-state index contributed by atoms with van der Waals surface area (Å²) in [6.07, 6.45) is 3.38. The van der Waals surface area contributed by atoms with Crippen LogP contribution in [0.25, 0.3) is 5.69 Å². The summed E-state index contributed by atoms with van der Waals surface area (Å²) in [5.41, 5.74) is 2.33. The Labute approximate surface area is 70.7 Å². The molecule has 1 aromatic heterocycles. The molecule has 12 heavy (non-hydrogen) atoms. The van der Waals surface area contributed by atoms with E-state index in [0.29, 0.717) is 0 Å². The van der Waals surface area contributed by atoms with Crippen LogP contribution in [0, 0.1) is 6.92 Å². The van der Waals surface area contributed by atoms with E-state index in [1.807, 2.05) is 16.7 Å². The average Bonchev–Trinajstić information content (AvgIpc) is 2.56. The van der Waals surface area contributed by atoms with E-state index < -0.39 is 0 Å². The summed E-state index contributed by atoms with van der Waals surface area (Å²) < 4.78 is 1.88. The molecule has 0 bridgehead atoms. The third-order valence-electron chi connectivity index (χ3n) is 1.72. The van der Waals surface area contributed by atoms with Crippen molar-refractivity contribution in [3.05, 3.63) is 42.5 Å². The van der Waals surface area contributed by atoms with Gasteiger partial charge in [-0.3, -0.25) is 4.57 Å². The van der Waals surface area contributed by atoms with E-state index in [1.165, 1.54) is 5.56 Å². The first-order chi connectivity index (χ1) is 5.86. The summed E-state index contributed by atoms with van der Waals surface area (Å²) in [7, 11) is 0. The van der Waals surface area contributed by atoms with Crippen LogP contribution in [-0.4, -0.2) is 14.8 Å². The van der Waals surface area contributed by atoms with Crippen molar-refractivity contribution in [2.45, 2.75) is 6.92 Å². The van der Waals surface area contributed by atoms with Gasteiger partial charge in [0.2, 0.25) is 0 Å². The normalized spacial score (nSPS) is 10.1. The second-order valence-electron chi connectivity index (χ2n) is 2.71. The van der Waals surface area contributed by atoms with Crippen molar-refractivity contribution >= 4 is 0 Å². The van der Waals surface area contributed by atoms with Gasteiger partial charge in [0.05, 0.1) is 0 Å². The fourth-order valence-electron chi connectivity index (χ4n) is 1.12. The average molecular weight is 159 g/mol. The van der Waals surface area contributed by atoms with Crippen LogP contribution in [0.2, 0.25) is 0 Å². The maximum Gasteiger partial charge on any atom is 0.123 e. The number of hydrogen-bond donors (Lipinski definition) is 0. The fraction of sp³-hybridized carbons (Fsp3) is 0.111. The van der Waals surface area contributed by atoms with E-state index in [1.54, 1.807) is 12.7 Å². The van der Waals surface area contributed by atoms with Crippen LogP contribution in [0.1, 0.15) is 5.56 Å². The largest absolute Gasteiger partial charge is 0.288 e. The summed E-state index contributed by atoms with van der Waals surface area (Å²) in [6, 6.07) is 8.19. The summed E-state index contributed by atoms with van der Waals surface area (Å²) in [5.74, 6) is 0. The fourth-order valence-corrected chi connectivity index (χ4v) is 1.12. The van der Waals surface area contributed by atoms with Gasteiger partial charge >= 0.3 is 0 Å². The van der Waals surface area contributed by atoms with Crippen molar-refractivity contribution in [1.29, 1.82) is 0 Å². The topological polar surface area (TPSA) is 30.7 Å². The molecule has 2 rings (SSSR count). The first kappa shape index (κ1) is 7.03. The van der Waals surface area contributed by atoms with Crippen LogP contribution in [0.4, 0.5) is 0 Å². The summed E-state index contributed by atoms with van der Waals surface area (Å²) in [5, 5.41) is 7.48. The Morgan fingerprint density at radius 3 is 2.58 bits per heavy atom. The third kappa shape index (κ3) is 1.21. The lowest BCUT2D eigenvalue weighted by Gasteiger charge is -2.00. The molecule has 0 aliphatic carbocycles. The number of benzene rings is 1. The molecule has 0 fully saturated rings. The zero-order chi connectivity index (χ0) is 8.39. The van der Waals surface area contributed by atoms with Gasteiger partial charge in [0.25, 0.3) is 0 Å². The summed E-state index contributed by atoms with van der Waals surface area (Å²) in [6.45, 7) is 2.06. The van der Waals surface area contributed by atoms with Gasteiger partial charge in [-0.2, -0.15) is 0 Å². The van der Waals surface area contributed by atoms with Gasteiger partial charge in [0.15, 0.2) is 0 Å². The summed E-state index contributed by atoms with van der Waals surface area (Å²) in [4.78, 5) is 0. The van der Waals surface area contributed by atoms with Crippen molar-refractivity contribution in [3.63, 3.8) is 0 Å². The van der Waals surface area contributed by atoms with Crippen LogP contribution in [0.15, 0.2) is 36.9 Å². The number of nitrogens with zero attached hydrogens (tertiary/aromatic N) is 3. The molecule has 3 nitrogen and oxygen atoms in total. The number of aromatic nitrogens is 3. The minimum Gasteiger partial charge on any atom is -0.288 e. The second-order valence-corrected chi connectivity index (χ2v) is 2.71. The van der Waals surface area contributed by atoms with E-state index >= 15 is 0 Å². The van der Waals surface area contributed by atoms with Crippen LogP contribution in [0.5, 0.6) is 0 Å². The molecule has 0 amide bonds. The molecule has 0 spiro atoms. The number of rotatable bonds is 1. The molecule has 0 aliphatic heterocycles. The zero-order valence-corrected chi connectivity index (χ0v) is 6.81. The van der Waals surface area contributed by atoms with Crippen molar-refractivity contribution in [1.82, 2.24) is 14.8 Å². The third-order valence-corrected chi connectivity index (χ3v) is 1.72. The van der Waals surface area contributed by atoms with Crippen LogP contribution < -0.4 is 0 Å². The highest BCUT2D eigenvalue weighted by atomic mass is 15.2. The monoisotopic (exact) mass is 159 g/mol. The molecule has 0 saturated carbocycles. The lowest BCUT2D eigenvalue weighted by Crippen LogP contribution is -1.89. The first-order valence-corrected chi connectivity index (χ1v) is 3.78. The highest BCUT2D eigenvalue weighted by Gasteiger charge is 1.94. The molecule has 0 radical (unpaired) electrons. The number of aryl methyl sites for hydroxylation is 1. The Morgan fingerprint density at radius 1 is 1.17 bits per heavy atom. The Bertz CT molecular complexity index is 365. The van der Waals surface area contributed by atoms with Gasteiger partial charge in [0, 0.05) is 5.69 Å². The van der Waals surface area contributed by atoms with Gasteiger partial charge in [-0.15, -0.1) is 10.2 Å². The van der Waals surface area contributed by atoms with Crippen molar-refractivity contribution in [2.24, 2.45) is 0 Å². The van der Waals surface area contributed by atoms with Gasteiger partial charge < -0.3 is 0 Å². The van der Waals surface area contributed by atoms with Crippen LogP contribution >= 0.6 is 0 Å². The molecular weight excluding hydrogens is 150 g/mol. The van der Waals surface area contributed by atoms with Gasteiger partial charge in [0.1, 0.15) is 12.7 Å². The zero-order valence-electron chi connectivity index (χ0n) is 6.81. The molecule has 0 N–H and O–H groups in total. The first-order valence-electron chi connectivity index (χ1n) is 3.78. The van der Waals surface area contributed by atoms with E-state index in [9.17, 15) is 0 Å². The standard InChI is InChI=1S/C9H9N3/c1-8-3-2-4-9(5-8)12-6-10-11-7-12/h2-7H,1H3. The molecule has 60 valence electrons. The molecule has 1 aromatic carbocycles. The highest BCUT2D eigenvalue weighted by Crippen LogP contribution is 2.07. The molecule has 0 saturated heterocycles. The molecule has 2 aromatic rings. The predicted molar refractivity (Wildman–Crippen MR) is 46.1 cm³/mol. The minimum absolute atomic E-state index is 1.10. The van der Waals surface area contributed by atoms with E-state index in [4.69, 9.17) is 0 Å². The molecule has 0 atom stereocenters. The SMILES string of the molecule is Cc1cccc(-n2cnnc2)c1. The molecule has 0 unspecified atom stereocenters. The Balaban J connectivity index is 2.48. The summed E-state index contributed by atoms with van der Waals surface area (Å²) >= 11 is 0. The maximum atomic E-state index is 3.74. The molecular formula is C9H9N3. The van der Waals surface area contributed by atoms with E-state index in [-0.39, 0.29) is 0 Å². The van der Waals surface area contributed by atoms with E-state index in [0.717, 1.165) is 5.69 Å². The van der Waals surface area contributed by atoms with Gasteiger partial charge in [-0.1, -0.05) is 12.1 Å². The Hall–Kier alpha value is -1.64. The highest BCUT2D eigenvalue weighted by molar-refractivity contribution is 5.34. The molecule has 1 heterocycles. The van der Waals surface area contributed by atoms with Crippen molar-refractivity contribution in [2.75, 3.05) is 0 Å². The Morgan fingerprint density at radius 2 is 1.92 bits per heavy atom. The smallest absolute Gasteiger partial charge is 0.123 e. The minimum atomic E-state index is 1.10. The number of hydrogen-bond acceptors (Lipinski definition) is 2. The lowest BCUT2D eigenvalue weighted by molar-refractivity contribution is 1.05. The quantitative estimate of drug-likeness (QED) is 0.632. The van der Waals surface area contributed by atoms with E-state index in [2.05, 4.69) is 29.3 Å². The van der Waals surface area contributed by atoms with Gasteiger partial charge in [-0.25, -0.2) is 0 Å². The van der Waals surface area contributed by atoms with Crippen molar-refractivity contribution in [3.8, 4) is 5.69 Å². The van der Waals surface area contributed by atoms with Gasteiger partial charge in [-0.05, 0) is 24.6 Å². The Kier molecular flexibility index (Phi) is 1.63. The van der Waals surface area contributed by atoms with Crippen LogP contribution in [-0.2, 0) is 0 Å². The van der Waals surface area contributed by atoms with Crippen LogP contribution in [0.3, 0.4) is 0 Å². The van der Waals surface area contributed by atoms with Crippen molar-refractivity contribution < 1.29 is 0 Å². The second kappa shape index (κ2) is 2.77. The predicted octanol–water partition coefficient (Wildman–Crippen LogP) is 1.58. The molecule has 3 heteroatoms. The molecule has 0 aliphatic rings. The maximum absolute atomic E-state index is 3.74.